The third kappa shape index (κ3) is 2.56. The van der Waals surface area contributed by atoms with E-state index in [1.54, 1.807) is 12.3 Å². The van der Waals surface area contributed by atoms with E-state index < -0.39 is 0 Å². The minimum absolute atomic E-state index is 0.204. The fourth-order valence-corrected chi connectivity index (χ4v) is 2.23. The van der Waals surface area contributed by atoms with Gasteiger partial charge in [0, 0.05) is 12.4 Å². The summed E-state index contributed by atoms with van der Waals surface area (Å²) in [6.45, 7) is 0.343. The molecular weight excluding hydrogens is 286 g/mol. The molecule has 0 aliphatic carbocycles. The van der Waals surface area contributed by atoms with Crippen LogP contribution in [0.1, 0.15) is 15.4 Å². The maximum absolute atomic E-state index is 11.7. The molecule has 8 heteroatoms. The third-order valence-electron chi connectivity index (χ3n) is 2.48. The maximum atomic E-state index is 11.7. The van der Waals surface area contributed by atoms with Gasteiger partial charge in [0.2, 0.25) is 0 Å². The van der Waals surface area contributed by atoms with E-state index in [4.69, 9.17) is 11.6 Å². The SMILES string of the molecule is O=C(NCc1cn2cc(Cl)ccc2n1)c1cnns1. The van der Waals surface area contributed by atoms with E-state index in [1.807, 2.05) is 16.7 Å². The lowest BCUT2D eigenvalue weighted by molar-refractivity contribution is 0.0954. The average Bonchev–Trinajstić information content (AvgIpc) is 3.04. The molecule has 6 nitrogen and oxygen atoms in total. The second-order valence-electron chi connectivity index (χ2n) is 3.81. The largest absolute Gasteiger partial charge is 0.346 e. The highest BCUT2D eigenvalue weighted by molar-refractivity contribution is 7.07. The second kappa shape index (κ2) is 4.94. The van der Waals surface area contributed by atoms with Crippen LogP contribution in [-0.2, 0) is 6.54 Å². The fourth-order valence-electron chi connectivity index (χ4n) is 1.63. The fraction of sp³-hybridized carbons (Fsp3) is 0.0909. The zero-order chi connectivity index (χ0) is 13.2. The predicted octanol–water partition coefficient (Wildman–Crippen LogP) is 1.77. The molecule has 3 aromatic rings. The summed E-state index contributed by atoms with van der Waals surface area (Å²) in [5.41, 5.74) is 1.54. The molecule has 0 aromatic carbocycles. The summed E-state index contributed by atoms with van der Waals surface area (Å²) in [6, 6.07) is 3.59. The Balaban J connectivity index is 1.73. The van der Waals surface area contributed by atoms with Gasteiger partial charge in [0.15, 0.2) is 0 Å². The summed E-state index contributed by atoms with van der Waals surface area (Å²) in [4.78, 5) is 16.6. The van der Waals surface area contributed by atoms with Gasteiger partial charge in [-0.3, -0.25) is 4.79 Å². The van der Waals surface area contributed by atoms with E-state index in [1.165, 1.54) is 6.20 Å². The molecule has 0 saturated heterocycles. The average molecular weight is 294 g/mol. The zero-order valence-corrected chi connectivity index (χ0v) is 11.1. The number of nitrogens with one attached hydrogen (secondary N) is 1. The summed E-state index contributed by atoms with van der Waals surface area (Å²) < 4.78 is 5.46. The van der Waals surface area contributed by atoms with Crippen molar-refractivity contribution in [1.82, 2.24) is 24.3 Å². The van der Waals surface area contributed by atoms with Crippen molar-refractivity contribution < 1.29 is 4.79 Å². The van der Waals surface area contributed by atoms with Crippen molar-refractivity contribution in [3.63, 3.8) is 0 Å². The second-order valence-corrected chi connectivity index (χ2v) is 5.03. The van der Waals surface area contributed by atoms with Crippen LogP contribution >= 0.6 is 23.1 Å². The summed E-state index contributed by atoms with van der Waals surface area (Å²) in [5, 5.41) is 7.01. The van der Waals surface area contributed by atoms with Crippen molar-refractivity contribution in [1.29, 1.82) is 0 Å². The van der Waals surface area contributed by atoms with Gasteiger partial charge in [-0.25, -0.2) is 4.98 Å². The molecule has 0 aliphatic rings. The molecule has 3 heterocycles. The van der Waals surface area contributed by atoms with Crippen LogP contribution in [0.5, 0.6) is 0 Å². The molecule has 0 fully saturated rings. The Kier molecular flexibility index (Phi) is 3.14. The molecule has 3 rings (SSSR count). The van der Waals surface area contributed by atoms with Crippen LogP contribution in [0.3, 0.4) is 0 Å². The molecule has 0 radical (unpaired) electrons. The lowest BCUT2D eigenvalue weighted by atomic mass is 10.4. The lowest BCUT2D eigenvalue weighted by Crippen LogP contribution is -2.21. The van der Waals surface area contributed by atoms with Crippen LogP contribution < -0.4 is 5.32 Å². The molecule has 0 bridgehead atoms. The Morgan fingerprint density at radius 3 is 3.11 bits per heavy atom. The Labute approximate surface area is 117 Å². The highest BCUT2D eigenvalue weighted by Gasteiger charge is 2.09. The molecule has 96 valence electrons. The smallest absolute Gasteiger partial charge is 0.264 e. The topological polar surface area (TPSA) is 72.2 Å². The van der Waals surface area contributed by atoms with Crippen molar-refractivity contribution in [2.45, 2.75) is 6.54 Å². The van der Waals surface area contributed by atoms with Gasteiger partial charge >= 0.3 is 0 Å². The number of hydrogen-bond donors (Lipinski definition) is 1. The van der Waals surface area contributed by atoms with Gasteiger partial charge in [-0.1, -0.05) is 16.1 Å². The highest BCUT2D eigenvalue weighted by Crippen LogP contribution is 2.11. The summed E-state index contributed by atoms with van der Waals surface area (Å²) in [5.74, 6) is -0.204. The van der Waals surface area contributed by atoms with Crippen LogP contribution in [0, 0.1) is 0 Å². The van der Waals surface area contributed by atoms with Gasteiger partial charge in [-0.15, -0.1) is 5.10 Å². The monoisotopic (exact) mass is 293 g/mol. The molecule has 0 saturated carbocycles. The first-order valence-corrected chi connectivity index (χ1v) is 6.56. The number of nitrogens with zero attached hydrogens (tertiary/aromatic N) is 4. The first kappa shape index (κ1) is 12.1. The number of carbonyl (C=O) groups is 1. The normalized spacial score (nSPS) is 10.8. The van der Waals surface area contributed by atoms with Crippen molar-refractivity contribution in [2.75, 3.05) is 0 Å². The summed E-state index contributed by atoms with van der Waals surface area (Å²) in [6.07, 6.45) is 5.03. The first-order valence-electron chi connectivity index (χ1n) is 5.41. The molecule has 19 heavy (non-hydrogen) atoms. The maximum Gasteiger partial charge on any atom is 0.264 e. The van der Waals surface area contributed by atoms with Gasteiger partial charge in [-0.05, 0) is 23.7 Å². The molecule has 1 N–H and O–H groups in total. The van der Waals surface area contributed by atoms with Crippen molar-refractivity contribution in [3.05, 3.63) is 46.3 Å². The Bertz CT molecular complexity index is 724. The molecule has 3 aromatic heterocycles. The van der Waals surface area contributed by atoms with Gasteiger partial charge in [-0.2, -0.15) is 0 Å². The standard InChI is InChI=1S/C11H8ClN5OS/c12-7-1-2-10-15-8(6-17(10)5-7)3-13-11(18)9-4-14-16-19-9/h1-2,4-6H,3H2,(H,13,18). The predicted molar refractivity (Wildman–Crippen MR) is 71.3 cm³/mol. The Hall–Kier alpha value is -1.99. The molecule has 0 aliphatic heterocycles. The number of pyridine rings is 1. The highest BCUT2D eigenvalue weighted by atomic mass is 35.5. The number of hydrogen-bond acceptors (Lipinski definition) is 5. The molecule has 0 atom stereocenters. The third-order valence-corrected chi connectivity index (χ3v) is 3.37. The number of rotatable bonds is 3. The molecule has 0 spiro atoms. The van der Waals surface area contributed by atoms with Gasteiger partial charge in [0.25, 0.3) is 5.91 Å². The first-order chi connectivity index (χ1) is 9.22. The van der Waals surface area contributed by atoms with Gasteiger partial charge in [0.05, 0.1) is 23.5 Å². The van der Waals surface area contributed by atoms with E-state index in [2.05, 4.69) is 19.9 Å². The molecule has 1 amide bonds. The summed E-state index contributed by atoms with van der Waals surface area (Å²) in [7, 11) is 0. The Morgan fingerprint density at radius 2 is 2.32 bits per heavy atom. The zero-order valence-electron chi connectivity index (χ0n) is 9.58. The molecule has 0 unspecified atom stereocenters. The minimum Gasteiger partial charge on any atom is -0.346 e. The van der Waals surface area contributed by atoms with Crippen LogP contribution in [0.25, 0.3) is 5.65 Å². The van der Waals surface area contributed by atoms with E-state index >= 15 is 0 Å². The van der Waals surface area contributed by atoms with E-state index in [-0.39, 0.29) is 5.91 Å². The van der Waals surface area contributed by atoms with Crippen molar-refractivity contribution in [2.24, 2.45) is 0 Å². The van der Waals surface area contributed by atoms with Crippen molar-refractivity contribution in [3.8, 4) is 0 Å². The van der Waals surface area contributed by atoms with Crippen LogP contribution in [-0.4, -0.2) is 24.9 Å². The van der Waals surface area contributed by atoms with Crippen LogP contribution in [0.4, 0.5) is 0 Å². The van der Waals surface area contributed by atoms with E-state index in [9.17, 15) is 4.79 Å². The number of halogens is 1. The Morgan fingerprint density at radius 1 is 1.42 bits per heavy atom. The number of fused-ring (bicyclic) bond motifs is 1. The van der Waals surface area contributed by atoms with Crippen LogP contribution in [0.15, 0.2) is 30.7 Å². The van der Waals surface area contributed by atoms with Gasteiger partial charge in [0.1, 0.15) is 10.5 Å². The lowest BCUT2D eigenvalue weighted by Gasteiger charge is -1.98. The van der Waals surface area contributed by atoms with Crippen molar-refractivity contribution >= 4 is 34.7 Å². The minimum atomic E-state index is -0.204. The van der Waals surface area contributed by atoms with E-state index in [0.29, 0.717) is 16.4 Å². The number of carbonyl (C=O) groups excluding carboxylic acids is 1. The van der Waals surface area contributed by atoms with E-state index in [0.717, 1.165) is 22.9 Å². The van der Waals surface area contributed by atoms with Crippen LogP contribution in [0.2, 0.25) is 5.02 Å². The van der Waals surface area contributed by atoms with Gasteiger partial charge < -0.3 is 9.72 Å². The molecular formula is C11H8ClN5OS. The number of aromatic nitrogens is 4. The number of amides is 1. The number of imidazole rings is 1. The summed E-state index contributed by atoms with van der Waals surface area (Å²) >= 11 is 6.95. The quantitative estimate of drug-likeness (QED) is 0.799.